The number of nitrogens with one attached hydrogen (secondary N) is 1. The Hall–Kier alpha value is -2.62. The first-order chi connectivity index (χ1) is 9.53. The number of ether oxygens (including phenoxy) is 1. The molecule has 1 atom stereocenters. The Morgan fingerprint density at radius 1 is 1.60 bits per heavy atom. The van der Waals surface area contributed by atoms with Gasteiger partial charge in [0.15, 0.2) is 5.75 Å². The van der Waals surface area contributed by atoms with Gasteiger partial charge in [0.25, 0.3) is 5.91 Å². The molecule has 20 heavy (non-hydrogen) atoms. The first-order valence-corrected chi connectivity index (χ1v) is 6.03. The summed E-state index contributed by atoms with van der Waals surface area (Å²) in [5, 5.41) is 22.1. The molecule has 106 valence electrons. The van der Waals surface area contributed by atoms with E-state index in [2.05, 4.69) is 5.32 Å². The standard InChI is InChI=1S/C13H15N3O4/c1-3-10(6-7-14)15-13(17)9-4-5-11(16(18)19)12(8-9)20-2/h4-5,8,10H,3,6H2,1-2H3,(H,15,17). The van der Waals surface area contributed by atoms with Crippen LogP contribution in [0.4, 0.5) is 5.69 Å². The van der Waals surface area contributed by atoms with Crippen molar-refractivity contribution in [1.29, 1.82) is 5.26 Å². The molecule has 1 N–H and O–H groups in total. The van der Waals surface area contributed by atoms with E-state index < -0.39 is 4.92 Å². The fourth-order valence-corrected chi connectivity index (χ4v) is 1.65. The molecule has 1 aromatic rings. The Morgan fingerprint density at radius 2 is 2.30 bits per heavy atom. The molecule has 0 spiro atoms. The second kappa shape index (κ2) is 7.09. The lowest BCUT2D eigenvalue weighted by Crippen LogP contribution is -2.34. The zero-order valence-corrected chi connectivity index (χ0v) is 11.3. The predicted octanol–water partition coefficient (Wildman–Crippen LogP) is 2.03. The number of rotatable bonds is 6. The van der Waals surface area contributed by atoms with Gasteiger partial charge >= 0.3 is 5.69 Å². The average Bonchev–Trinajstić information content (AvgIpc) is 2.45. The minimum atomic E-state index is -0.578. The maximum Gasteiger partial charge on any atom is 0.310 e. The highest BCUT2D eigenvalue weighted by Crippen LogP contribution is 2.27. The second-order valence-corrected chi connectivity index (χ2v) is 4.08. The van der Waals surface area contributed by atoms with E-state index in [0.717, 1.165) is 0 Å². The number of carbonyl (C=O) groups excluding carboxylic acids is 1. The van der Waals surface area contributed by atoms with E-state index in [0.29, 0.717) is 6.42 Å². The van der Waals surface area contributed by atoms with Crippen molar-refractivity contribution in [3.8, 4) is 11.8 Å². The van der Waals surface area contributed by atoms with Gasteiger partial charge in [0.05, 0.1) is 24.5 Å². The van der Waals surface area contributed by atoms with Gasteiger partial charge in [0.1, 0.15) is 0 Å². The number of hydrogen-bond donors (Lipinski definition) is 1. The van der Waals surface area contributed by atoms with Crippen LogP contribution in [0.3, 0.4) is 0 Å². The maximum atomic E-state index is 12.0. The van der Waals surface area contributed by atoms with Gasteiger partial charge < -0.3 is 10.1 Å². The summed E-state index contributed by atoms with van der Waals surface area (Å²) in [6.07, 6.45) is 0.843. The third-order valence-electron chi connectivity index (χ3n) is 2.80. The van der Waals surface area contributed by atoms with Crippen molar-refractivity contribution in [2.45, 2.75) is 25.8 Å². The molecule has 7 heteroatoms. The molecule has 0 fully saturated rings. The highest BCUT2D eigenvalue weighted by atomic mass is 16.6. The molecular weight excluding hydrogens is 262 g/mol. The van der Waals surface area contributed by atoms with Crippen LogP contribution < -0.4 is 10.1 Å². The van der Waals surface area contributed by atoms with Crippen molar-refractivity contribution in [2.24, 2.45) is 0 Å². The van der Waals surface area contributed by atoms with E-state index in [1.54, 1.807) is 0 Å². The smallest absolute Gasteiger partial charge is 0.310 e. The molecule has 0 aliphatic rings. The molecule has 0 saturated carbocycles. The van der Waals surface area contributed by atoms with Crippen LogP contribution in [0.2, 0.25) is 0 Å². The summed E-state index contributed by atoms with van der Waals surface area (Å²) >= 11 is 0. The predicted molar refractivity (Wildman–Crippen MR) is 71.4 cm³/mol. The van der Waals surface area contributed by atoms with Gasteiger partial charge in [-0.1, -0.05) is 6.92 Å². The van der Waals surface area contributed by atoms with Crippen molar-refractivity contribution in [2.75, 3.05) is 7.11 Å². The first kappa shape index (κ1) is 15.4. The van der Waals surface area contributed by atoms with Crippen molar-refractivity contribution in [3.05, 3.63) is 33.9 Å². The molecule has 1 unspecified atom stereocenters. The number of nitrogens with zero attached hydrogens (tertiary/aromatic N) is 2. The van der Waals surface area contributed by atoms with Crippen LogP contribution in [0.25, 0.3) is 0 Å². The molecule has 0 heterocycles. The fraction of sp³-hybridized carbons (Fsp3) is 0.385. The summed E-state index contributed by atoms with van der Waals surface area (Å²) in [5.41, 5.74) is 0.0527. The summed E-state index contributed by atoms with van der Waals surface area (Å²) in [7, 11) is 1.30. The molecule has 1 rings (SSSR count). The lowest BCUT2D eigenvalue weighted by molar-refractivity contribution is -0.385. The number of hydrogen-bond acceptors (Lipinski definition) is 5. The lowest BCUT2D eigenvalue weighted by Gasteiger charge is -2.13. The van der Waals surface area contributed by atoms with Crippen LogP contribution in [0.15, 0.2) is 18.2 Å². The van der Waals surface area contributed by atoms with E-state index in [4.69, 9.17) is 10.00 Å². The van der Waals surface area contributed by atoms with Crippen LogP contribution in [-0.4, -0.2) is 24.0 Å². The van der Waals surface area contributed by atoms with Gasteiger partial charge in [-0.05, 0) is 12.5 Å². The van der Waals surface area contributed by atoms with Gasteiger partial charge in [0.2, 0.25) is 0 Å². The van der Waals surface area contributed by atoms with Crippen LogP contribution in [0.5, 0.6) is 5.75 Å². The monoisotopic (exact) mass is 277 g/mol. The molecule has 0 aliphatic heterocycles. The number of amides is 1. The number of nitro groups is 1. The van der Waals surface area contributed by atoms with Gasteiger partial charge in [-0.15, -0.1) is 0 Å². The Labute approximate surface area is 116 Å². The van der Waals surface area contributed by atoms with Crippen LogP contribution >= 0.6 is 0 Å². The number of carbonyl (C=O) groups is 1. The number of nitriles is 1. The second-order valence-electron chi connectivity index (χ2n) is 4.08. The SMILES string of the molecule is CCC(CC#N)NC(=O)c1ccc([N+](=O)[O-])c(OC)c1. The van der Waals surface area contributed by atoms with Crippen LogP contribution in [0.1, 0.15) is 30.1 Å². The number of nitro benzene ring substituents is 1. The van der Waals surface area contributed by atoms with E-state index in [1.807, 2.05) is 13.0 Å². The van der Waals surface area contributed by atoms with E-state index >= 15 is 0 Å². The Morgan fingerprint density at radius 3 is 2.80 bits per heavy atom. The summed E-state index contributed by atoms with van der Waals surface area (Å²) in [5.74, 6) is -0.365. The molecular formula is C13H15N3O4. The van der Waals surface area contributed by atoms with E-state index in [-0.39, 0.29) is 35.4 Å². The van der Waals surface area contributed by atoms with E-state index in [9.17, 15) is 14.9 Å². The Balaban J connectivity index is 2.94. The lowest BCUT2D eigenvalue weighted by atomic mass is 10.1. The van der Waals surface area contributed by atoms with Crippen LogP contribution in [-0.2, 0) is 0 Å². The Bertz CT molecular complexity index is 551. The van der Waals surface area contributed by atoms with Gasteiger partial charge in [0, 0.05) is 23.7 Å². The van der Waals surface area contributed by atoms with Crippen molar-refractivity contribution in [1.82, 2.24) is 5.32 Å². The third-order valence-corrected chi connectivity index (χ3v) is 2.80. The van der Waals surface area contributed by atoms with Gasteiger partial charge in [-0.25, -0.2) is 0 Å². The molecule has 0 saturated heterocycles. The number of benzene rings is 1. The van der Waals surface area contributed by atoms with Gasteiger partial charge in [-0.2, -0.15) is 5.26 Å². The molecule has 0 aromatic heterocycles. The Kier molecular flexibility index (Phi) is 5.47. The topological polar surface area (TPSA) is 105 Å². The molecule has 1 aromatic carbocycles. The largest absolute Gasteiger partial charge is 0.490 e. The number of methoxy groups -OCH3 is 1. The van der Waals surface area contributed by atoms with Crippen molar-refractivity contribution in [3.63, 3.8) is 0 Å². The highest BCUT2D eigenvalue weighted by molar-refractivity contribution is 5.95. The average molecular weight is 277 g/mol. The summed E-state index contributed by atoms with van der Waals surface area (Å²) < 4.78 is 4.90. The molecule has 0 aliphatic carbocycles. The molecule has 1 amide bonds. The molecule has 0 bridgehead atoms. The maximum absolute atomic E-state index is 12.0. The minimum absolute atomic E-state index is 0.0241. The van der Waals surface area contributed by atoms with Crippen molar-refractivity contribution < 1.29 is 14.5 Å². The molecule has 7 nitrogen and oxygen atoms in total. The normalized spacial score (nSPS) is 11.2. The van der Waals surface area contributed by atoms with Crippen molar-refractivity contribution >= 4 is 11.6 Å². The van der Waals surface area contributed by atoms with Gasteiger partial charge in [-0.3, -0.25) is 14.9 Å². The van der Waals surface area contributed by atoms with E-state index in [1.165, 1.54) is 25.3 Å². The third kappa shape index (κ3) is 3.68. The fourth-order valence-electron chi connectivity index (χ4n) is 1.65. The molecule has 0 radical (unpaired) electrons. The summed E-state index contributed by atoms with van der Waals surface area (Å²) in [4.78, 5) is 22.2. The zero-order valence-electron chi connectivity index (χ0n) is 11.3. The quantitative estimate of drug-likeness (QED) is 0.632. The highest BCUT2D eigenvalue weighted by Gasteiger charge is 2.18. The zero-order chi connectivity index (χ0) is 15.1. The minimum Gasteiger partial charge on any atom is -0.490 e. The summed E-state index contributed by atoms with van der Waals surface area (Å²) in [6.45, 7) is 1.86. The summed E-state index contributed by atoms with van der Waals surface area (Å²) in [6, 6.07) is 5.64. The first-order valence-electron chi connectivity index (χ1n) is 6.03. The van der Waals surface area contributed by atoms with Crippen LogP contribution in [0, 0.1) is 21.4 Å².